The molecule has 3 rings (SSSR count). The molecule has 6 heteroatoms. The van der Waals surface area contributed by atoms with Crippen LogP contribution in [-0.4, -0.2) is 17.9 Å². The zero-order chi connectivity index (χ0) is 26.1. The van der Waals surface area contributed by atoms with Crippen molar-refractivity contribution < 1.29 is 28.6 Å². The molecule has 0 aromatic heterocycles. The van der Waals surface area contributed by atoms with Crippen molar-refractivity contribution in [1.29, 1.82) is 0 Å². The zero-order valence-corrected chi connectivity index (χ0v) is 20.3. The van der Waals surface area contributed by atoms with Gasteiger partial charge in [-0.1, -0.05) is 49.1 Å². The summed E-state index contributed by atoms with van der Waals surface area (Å²) >= 11 is 0. The Morgan fingerprint density at radius 3 is 1.50 bits per heavy atom. The van der Waals surface area contributed by atoms with Crippen LogP contribution in [0.25, 0.3) is 17.2 Å². The largest absolute Gasteiger partial charge is 0.423 e. The molecule has 0 saturated carbocycles. The average Bonchev–Trinajstić information content (AvgIpc) is 2.90. The van der Waals surface area contributed by atoms with E-state index in [0.29, 0.717) is 28.4 Å². The Bertz CT molecular complexity index is 1310. The summed E-state index contributed by atoms with van der Waals surface area (Å²) in [7, 11) is 0. The molecule has 0 N–H and O–H groups in total. The van der Waals surface area contributed by atoms with Crippen molar-refractivity contribution in [2.45, 2.75) is 20.8 Å². The van der Waals surface area contributed by atoms with Crippen molar-refractivity contribution in [3.8, 4) is 28.4 Å². The van der Waals surface area contributed by atoms with Crippen LogP contribution in [0.4, 0.5) is 0 Å². The quantitative estimate of drug-likeness (QED) is 0.212. The lowest BCUT2D eigenvalue weighted by molar-refractivity contribution is -0.130. The molecule has 0 saturated heterocycles. The molecule has 0 aliphatic carbocycles. The van der Waals surface area contributed by atoms with Crippen LogP contribution in [0.2, 0.25) is 0 Å². The van der Waals surface area contributed by atoms with Crippen LogP contribution in [0.1, 0.15) is 26.3 Å². The van der Waals surface area contributed by atoms with Gasteiger partial charge in [0.1, 0.15) is 17.2 Å². The molecular weight excluding hydrogens is 456 g/mol. The van der Waals surface area contributed by atoms with Crippen LogP contribution in [-0.2, 0) is 14.4 Å². The van der Waals surface area contributed by atoms with Gasteiger partial charge in [0.15, 0.2) is 0 Å². The van der Waals surface area contributed by atoms with Gasteiger partial charge < -0.3 is 14.2 Å². The fraction of sp³-hybridized carbons (Fsp3) is 0.100. The summed E-state index contributed by atoms with van der Waals surface area (Å²) in [5.41, 5.74) is 3.55. The smallest absolute Gasteiger partial charge is 0.339 e. The monoisotopic (exact) mass is 482 g/mol. The summed E-state index contributed by atoms with van der Waals surface area (Å²) in [4.78, 5) is 35.6. The maximum absolute atomic E-state index is 12.5. The Labute approximate surface area is 210 Å². The van der Waals surface area contributed by atoms with E-state index in [9.17, 15) is 14.4 Å². The number of hydrogen-bond donors (Lipinski definition) is 0. The van der Waals surface area contributed by atoms with Gasteiger partial charge in [0, 0.05) is 17.2 Å². The Balaban J connectivity index is 1.60. The highest BCUT2D eigenvalue weighted by Gasteiger charge is 2.10. The van der Waals surface area contributed by atoms with E-state index in [1.54, 1.807) is 81.5 Å². The van der Waals surface area contributed by atoms with Gasteiger partial charge in [-0.15, -0.1) is 0 Å². The van der Waals surface area contributed by atoms with Crippen molar-refractivity contribution in [1.82, 2.24) is 0 Å². The number of rotatable bonds is 8. The number of carbonyl (C=O) groups is 3. The van der Waals surface area contributed by atoms with E-state index in [1.807, 2.05) is 24.3 Å². The molecule has 0 bridgehead atoms. The van der Waals surface area contributed by atoms with Crippen molar-refractivity contribution in [3.63, 3.8) is 0 Å². The molecule has 36 heavy (non-hydrogen) atoms. The number of benzene rings is 3. The second kappa shape index (κ2) is 12.1. The molecule has 6 nitrogen and oxygen atoms in total. The lowest BCUT2D eigenvalue weighted by atomic mass is 10.1. The molecule has 0 heterocycles. The van der Waals surface area contributed by atoms with Crippen LogP contribution in [0, 0.1) is 0 Å². The van der Waals surface area contributed by atoms with Crippen molar-refractivity contribution in [2.75, 3.05) is 0 Å². The summed E-state index contributed by atoms with van der Waals surface area (Å²) in [5.74, 6) is -0.140. The first kappa shape index (κ1) is 25.9. The van der Waals surface area contributed by atoms with Gasteiger partial charge in [0.25, 0.3) is 0 Å². The van der Waals surface area contributed by atoms with E-state index in [1.165, 1.54) is 0 Å². The lowest BCUT2D eigenvalue weighted by Crippen LogP contribution is -2.09. The van der Waals surface area contributed by atoms with E-state index in [0.717, 1.165) is 22.8 Å². The zero-order valence-electron chi connectivity index (χ0n) is 20.3. The normalized spacial score (nSPS) is 11.4. The first-order valence-electron chi connectivity index (χ1n) is 11.2. The molecule has 0 radical (unpaired) electrons. The van der Waals surface area contributed by atoms with Crippen molar-refractivity contribution in [3.05, 3.63) is 108 Å². The Morgan fingerprint density at radius 1 is 0.639 bits per heavy atom. The highest BCUT2D eigenvalue weighted by Crippen LogP contribution is 2.25. The molecule has 0 atom stereocenters. The number of hydrogen-bond acceptors (Lipinski definition) is 6. The van der Waals surface area contributed by atoms with E-state index in [4.69, 9.17) is 14.2 Å². The molecule has 3 aromatic rings. The predicted molar refractivity (Wildman–Crippen MR) is 139 cm³/mol. The van der Waals surface area contributed by atoms with Gasteiger partial charge in [-0.05, 0) is 79.9 Å². The predicted octanol–water partition coefficient (Wildman–Crippen LogP) is 6.33. The molecule has 3 aromatic carbocycles. The summed E-state index contributed by atoms with van der Waals surface area (Å²) in [6, 6.07) is 21.0. The molecule has 0 unspecified atom stereocenters. The third-order valence-electron chi connectivity index (χ3n) is 5.19. The van der Waals surface area contributed by atoms with Gasteiger partial charge in [0.2, 0.25) is 0 Å². The molecule has 0 amide bonds. The third-order valence-corrected chi connectivity index (χ3v) is 5.19. The van der Waals surface area contributed by atoms with Crippen LogP contribution < -0.4 is 14.2 Å². The maximum Gasteiger partial charge on any atom is 0.339 e. The number of esters is 3. The summed E-state index contributed by atoms with van der Waals surface area (Å²) < 4.78 is 15.8. The SMILES string of the molecule is C=CC(=O)Oc1ccc(/C=C(\C)C(=O)Oc2ccc(-c3ccc(OC(=O)/C(C)=C/C)cc3)cc2)cc1. The molecule has 0 fully saturated rings. The van der Waals surface area contributed by atoms with E-state index >= 15 is 0 Å². The fourth-order valence-corrected chi connectivity index (χ4v) is 3.02. The second-order valence-electron chi connectivity index (χ2n) is 7.82. The van der Waals surface area contributed by atoms with Crippen molar-refractivity contribution in [2.24, 2.45) is 0 Å². The highest BCUT2D eigenvalue weighted by atomic mass is 16.5. The van der Waals surface area contributed by atoms with E-state index in [-0.39, 0.29) is 5.97 Å². The van der Waals surface area contributed by atoms with Gasteiger partial charge >= 0.3 is 17.9 Å². The first-order chi connectivity index (χ1) is 17.3. The van der Waals surface area contributed by atoms with Crippen LogP contribution in [0.3, 0.4) is 0 Å². The van der Waals surface area contributed by atoms with Crippen LogP contribution in [0.15, 0.2) is 103 Å². The number of allylic oxidation sites excluding steroid dienone is 1. The molecule has 0 aliphatic heterocycles. The number of carbonyl (C=O) groups excluding carboxylic acids is 3. The molecule has 0 spiro atoms. The summed E-state index contributed by atoms with van der Waals surface area (Å²) in [6.07, 6.45) is 4.47. The second-order valence-corrected chi connectivity index (χ2v) is 7.82. The van der Waals surface area contributed by atoms with Crippen LogP contribution in [0.5, 0.6) is 17.2 Å². The Hall–Kier alpha value is -4.71. The standard InChI is InChI=1S/C30H26O6/c1-5-20(3)29(32)35-26-15-9-23(10-16-26)24-11-17-27(18-12-24)36-30(33)21(4)19-22-7-13-25(14-8-22)34-28(31)6-2/h5-19H,2H2,1,3-4H3/b20-5+,21-19+. The molecule has 0 aliphatic rings. The Kier molecular flexibility index (Phi) is 8.73. The minimum Gasteiger partial charge on any atom is -0.423 e. The molecular formula is C30H26O6. The lowest BCUT2D eigenvalue weighted by Gasteiger charge is -2.08. The van der Waals surface area contributed by atoms with Crippen molar-refractivity contribution >= 4 is 24.0 Å². The Morgan fingerprint density at radius 2 is 1.06 bits per heavy atom. The van der Waals surface area contributed by atoms with Gasteiger partial charge in [-0.3, -0.25) is 0 Å². The topological polar surface area (TPSA) is 78.9 Å². The third kappa shape index (κ3) is 7.14. The minimum atomic E-state index is -0.540. The fourth-order valence-electron chi connectivity index (χ4n) is 3.02. The van der Waals surface area contributed by atoms with E-state index in [2.05, 4.69) is 6.58 Å². The molecule has 182 valence electrons. The first-order valence-corrected chi connectivity index (χ1v) is 11.2. The highest BCUT2D eigenvalue weighted by molar-refractivity contribution is 5.94. The van der Waals surface area contributed by atoms with Gasteiger partial charge in [-0.2, -0.15) is 0 Å². The summed E-state index contributed by atoms with van der Waals surface area (Å²) in [5, 5.41) is 0. The number of ether oxygens (including phenoxy) is 3. The summed E-state index contributed by atoms with van der Waals surface area (Å²) in [6.45, 7) is 8.50. The average molecular weight is 483 g/mol. The minimum absolute atomic E-state index is 0.383. The van der Waals surface area contributed by atoms with E-state index < -0.39 is 11.9 Å². The van der Waals surface area contributed by atoms with Gasteiger partial charge in [0.05, 0.1) is 0 Å². The van der Waals surface area contributed by atoms with Gasteiger partial charge in [-0.25, -0.2) is 14.4 Å². The maximum atomic E-state index is 12.5. The van der Waals surface area contributed by atoms with Crippen LogP contribution >= 0.6 is 0 Å².